The lowest BCUT2D eigenvalue weighted by atomic mass is 10.0. The number of anilines is 1. The third-order valence-electron chi connectivity index (χ3n) is 5.06. The highest BCUT2D eigenvalue weighted by atomic mass is 32.1. The van der Waals surface area contributed by atoms with Crippen molar-refractivity contribution in [2.75, 3.05) is 5.32 Å². The highest BCUT2D eigenvalue weighted by molar-refractivity contribution is 7.17. The second kappa shape index (κ2) is 7.77. The Kier molecular flexibility index (Phi) is 4.80. The fourth-order valence-electron chi connectivity index (χ4n) is 3.54. The van der Waals surface area contributed by atoms with Crippen LogP contribution in [0.4, 0.5) is 10.1 Å². The van der Waals surface area contributed by atoms with E-state index in [4.69, 9.17) is 0 Å². The van der Waals surface area contributed by atoms with Gasteiger partial charge in [0, 0.05) is 16.6 Å². The number of fused-ring (bicyclic) bond motifs is 2. The Morgan fingerprint density at radius 1 is 1.03 bits per heavy atom. The highest BCUT2D eigenvalue weighted by Gasteiger charge is 2.15. The molecule has 5 rings (SSSR count). The van der Waals surface area contributed by atoms with Crippen molar-refractivity contribution in [1.29, 1.82) is 0 Å². The topological polar surface area (TPSA) is 64.0 Å². The predicted octanol–water partition coefficient (Wildman–Crippen LogP) is 5.06. The van der Waals surface area contributed by atoms with Crippen LogP contribution in [0.15, 0.2) is 83.2 Å². The van der Waals surface area contributed by atoms with Crippen molar-refractivity contribution in [2.45, 2.75) is 6.54 Å². The number of hydrogen-bond donors (Lipinski definition) is 1. The van der Waals surface area contributed by atoms with Gasteiger partial charge in [0.25, 0.3) is 5.56 Å². The van der Waals surface area contributed by atoms with E-state index in [9.17, 15) is 14.0 Å². The summed E-state index contributed by atoms with van der Waals surface area (Å²) in [6.07, 6.45) is 1.38. The first-order valence-electron chi connectivity index (χ1n) is 9.60. The lowest BCUT2D eigenvalue weighted by molar-refractivity contribution is -0.116. The second-order valence-corrected chi connectivity index (χ2v) is 7.98. The third-order valence-corrected chi connectivity index (χ3v) is 5.95. The van der Waals surface area contributed by atoms with E-state index in [1.807, 2.05) is 41.8 Å². The fraction of sp³-hybridized carbons (Fsp3) is 0.0417. The summed E-state index contributed by atoms with van der Waals surface area (Å²) in [6, 6.07) is 19.6. The zero-order valence-corrected chi connectivity index (χ0v) is 17.0. The molecule has 0 fully saturated rings. The number of thiophene rings is 1. The van der Waals surface area contributed by atoms with E-state index in [1.54, 1.807) is 0 Å². The standard InChI is InChI=1S/C24H16FN3O2S/c25-18-7-9-19(10-8-18)27-21(29)12-28-14-26-23-22(24(28)30)20(13-31-23)17-6-5-15-3-1-2-4-16(15)11-17/h1-11,13-14H,12H2,(H,27,29). The van der Waals surface area contributed by atoms with E-state index in [0.29, 0.717) is 15.9 Å². The van der Waals surface area contributed by atoms with Crippen molar-refractivity contribution in [3.63, 3.8) is 0 Å². The van der Waals surface area contributed by atoms with Gasteiger partial charge in [-0.2, -0.15) is 0 Å². The van der Waals surface area contributed by atoms with E-state index in [2.05, 4.69) is 16.4 Å². The van der Waals surface area contributed by atoms with Gasteiger partial charge in [0.05, 0.1) is 11.7 Å². The maximum atomic E-state index is 13.2. The molecule has 0 saturated carbocycles. The zero-order chi connectivity index (χ0) is 21.4. The second-order valence-electron chi connectivity index (χ2n) is 7.12. The molecule has 2 heterocycles. The van der Waals surface area contributed by atoms with Crippen molar-refractivity contribution in [1.82, 2.24) is 9.55 Å². The monoisotopic (exact) mass is 429 g/mol. The maximum absolute atomic E-state index is 13.2. The number of halogens is 1. The molecule has 0 aliphatic rings. The van der Waals surface area contributed by atoms with Gasteiger partial charge in [-0.25, -0.2) is 9.37 Å². The number of carbonyl (C=O) groups excluding carboxylic acids is 1. The van der Waals surface area contributed by atoms with Gasteiger partial charge in [-0.05, 0) is 46.7 Å². The summed E-state index contributed by atoms with van der Waals surface area (Å²) in [5, 5.41) is 7.29. The number of nitrogens with one attached hydrogen (secondary N) is 1. The van der Waals surface area contributed by atoms with Crippen LogP contribution in [-0.2, 0) is 11.3 Å². The first kappa shape index (κ1) is 19.1. The SMILES string of the molecule is O=C(Cn1cnc2scc(-c3ccc4ccccc4c3)c2c1=O)Nc1ccc(F)cc1. The van der Waals surface area contributed by atoms with Crippen LogP contribution in [-0.4, -0.2) is 15.5 Å². The van der Waals surface area contributed by atoms with E-state index in [0.717, 1.165) is 21.9 Å². The van der Waals surface area contributed by atoms with Gasteiger partial charge in [0.2, 0.25) is 5.91 Å². The summed E-state index contributed by atoms with van der Waals surface area (Å²) in [4.78, 5) is 30.6. The van der Waals surface area contributed by atoms with Crippen LogP contribution in [0.25, 0.3) is 32.1 Å². The minimum Gasteiger partial charge on any atom is -0.325 e. The van der Waals surface area contributed by atoms with E-state index < -0.39 is 5.91 Å². The minimum absolute atomic E-state index is 0.188. The first-order valence-corrected chi connectivity index (χ1v) is 10.5. The summed E-state index contributed by atoms with van der Waals surface area (Å²) in [5.74, 6) is -0.778. The van der Waals surface area contributed by atoms with Gasteiger partial charge in [-0.3, -0.25) is 14.2 Å². The molecule has 0 spiro atoms. The van der Waals surface area contributed by atoms with Crippen LogP contribution in [0.2, 0.25) is 0 Å². The Hall–Kier alpha value is -3.84. The summed E-state index contributed by atoms with van der Waals surface area (Å²) in [5.41, 5.74) is 1.92. The van der Waals surface area contributed by atoms with E-state index in [1.165, 1.54) is 46.5 Å². The third kappa shape index (κ3) is 3.71. The Labute approximate surface area is 180 Å². The normalized spacial score (nSPS) is 11.1. The molecule has 5 nitrogen and oxygen atoms in total. The Balaban J connectivity index is 1.49. The van der Waals surface area contributed by atoms with E-state index in [-0.39, 0.29) is 17.9 Å². The van der Waals surface area contributed by atoms with Gasteiger partial charge in [-0.15, -0.1) is 11.3 Å². The maximum Gasteiger partial charge on any atom is 0.263 e. The molecule has 152 valence electrons. The van der Waals surface area contributed by atoms with Crippen LogP contribution in [0.1, 0.15) is 0 Å². The molecule has 0 saturated heterocycles. The zero-order valence-electron chi connectivity index (χ0n) is 16.2. The average molecular weight is 429 g/mol. The molecule has 0 aliphatic carbocycles. The van der Waals surface area contributed by atoms with Gasteiger partial charge in [-0.1, -0.05) is 36.4 Å². The molecule has 0 unspecified atom stereocenters. The van der Waals surface area contributed by atoms with Gasteiger partial charge in [0.15, 0.2) is 0 Å². The summed E-state index contributed by atoms with van der Waals surface area (Å²) in [7, 11) is 0. The van der Waals surface area contributed by atoms with Crippen LogP contribution in [0.5, 0.6) is 0 Å². The number of aromatic nitrogens is 2. The molecule has 0 aliphatic heterocycles. The number of rotatable bonds is 4. The molecular weight excluding hydrogens is 413 g/mol. The van der Waals surface area contributed by atoms with Crippen molar-refractivity contribution >= 4 is 43.9 Å². The Morgan fingerprint density at radius 2 is 1.81 bits per heavy atom. The van der Waals surface area contributed by atoms with Crippen molar-refractivity contribution in [2.24, 2.45) is 0 Å². The summed E-state index contributed by atoms with van der Waals surface area (Å²) < 4.78 is 14.3. The smallest absolute Gasteiger partial charge is 0.263 e. The Morgan fingerprint density at radius 3 is 2.61 bits per heavy atom. The first-order chi connectivity index (χ1) is 15.1. The fourth-order valence-corrected chi connectivity index (χ4v) is 4.44. The molecule has 5 aromatic rings. The van der Waals surface area contributed by atoms with Crippen molar-refractivity contribution < 1.29 is 9.18 Å². The lowest BCUT2D eigenvalue weighted by Crippen LogP contribution is -2.27. The predicted molar refractivity (Wildman–Crippen MR) is 122 cm³/mol. The summed E-state index contributed by atoms with van der Waals surface area (Å²) >= 11 is 1.40. The van der Waals surface area contributed by atoms with Gasteiger partial charge >= 0.3 is 0 Å². The lowest BCUT2D eigenvalue weighted by Gasteiger charge is -2.08. The molecule has 3 aromatic carbocycles. The summed E-state index contributed by atoms with van der Waals surface area (Å²) in [6.45, 7) is -0.188. The van der Waals surface area contributed by atoms with Crippen molar-refractivity contribution in [3.05, 3.63) is 94.6 Å². The van der Waals surface area contributed by atoms with Crippen LogP contribution in [0, 0.1) is 5.82 Å². The molecule has 2 aromatic heterocycles. The average Bonchev–Trinajstić information content (AvgIpc) is 3.22. The van der Waals surface area contributed by atoms with Crippen LogP contribution >= 0.6 is 11.3 Å². The quantitative estimate of drug-likeness (QED) is 0.435. The number of carbonyl (C=O) groups is 1. The molecule has 1 N–H and O–H groups in total. The molecule has 7 heteroatoms. The number of benzene rings is 3. The molecule has 1 amide bonds. The van der Waals surface area contributed by atoms with Crippen molar-refractivity contribution in [3.8, 4) is 11.1 Å². The molecule has 31 heavy (non-hydrogen) atoms. The van der Waals surface area contributed by atoms with Crippen LogP contribution < -0.4 is 10.9 Å². The number of hydrogen-bond acceptors (Lipinski definition) is 4. The number of nitrogens with zero attached hydrogens (tertiary/aromatic N) is 2. The molecule has 0 radical (unpaired) electrons. The molecule has 0 bridgehead atoms. The Bertz CT molecular complexity index is 1490. The largest absolute Gasteiger partial charge is 0.325 e. The van der Waals surface area contributed by atoms with Gasteiger partial charge < -0.3 is 5.32 Å². The molecule has 0 atom stereocenters. The van der Waals surface area contributed by atoms with E-state index >= 15 is 0 Å². The number of amides is 1. The van der Waals surface area contributed by atoms with Crippen LogP contribution in [0.3, 0.4) is 0 Å². The highest BCUT2D eigenvalue weighted by Crippen LogP contribution is 2.32. The van der Waals surface area contributed by atoms with Gasteiger partial charge in [0.1, 0.15) is 17.2 Å². The minimum atomic E-state index is -0.391. The molecular formula is C24H16FN3O2S.